The molecule has 1 fully saturated rings. The lowest BCUT2D eigenvalue weighted by Gasteiger charge is -2.31. The molecule has 0 radical (unpaired) electrons. The van der Waals surface area contributed by atoms with Crippen molar-refractivity contribution in [2.75, 3.05) is 19.7 Å². The van der Waals surface area contributed by atoms with Crippen LogP contribution in [0, 0.1) is 0 Å². The van der Waals surface area contributed by atoms with E-state index in [0.717, 1.165) is 41.4 Å². The lowest BCUT2D eigenvalue weighted by atomic mass is 9.89. The number of aromatic nitrogens is 1. The molecule has 0 unspecified atom stereocenters. The van der Waals surface area contributed by atoms with E-state index in [2.05, 4.69) is 16.8 Å². The van der Waals surface area contributed by atoms with Gasteiger partial charge in [-0.25, -0.2) is 0 Å². The molecular weight excluding hydrogens is 433 g/mol. The van der Waals surface area contributed by atoms with Crippen molar-refractivity contribution in [1.29, 1.82) is 0 Å². The standard InChI is InChI=1S/C25H25F3N2O3/c1-17(31)33-16-24(32)29-12-10-19(11-13-29)22-15-30(23-5-3-2-4-21(22)23)14-18-6-8-20(9-7-18)25(26,27)28/h2-9,15,19H,10-14,16H2,1H3. The molecule has 0 bridgehead atoms. The van der Waals surface area contributed by atoms with Gasteiger partial charge in [0.25, 0.3) is 5.91 Å². The number of amides is 1. The molecule has 0 atom stereocenters. The zero-order valence-electron chi connectivity index (χ0n) is 18.3. The number of carbonyl (C=O) groups is 2. The van der Waals surface area contributed by atoms with Gasteiger partial charge in [-0.1, -0.05) is 30.3 Å². The van der Waals surface area contributed by atoms with Gasteiger partial charge < -0.3 is 14.2 Å². The van der Waals surface area contributed by atoms with E-state index >= 15 is 0 Å². The zero-order valence-corrected chi connectivity index (χ0v) is 18.3. The number of ether oxygens (including phenoxy) is 1. The van der Waals surface area contributed by atoms with Gasteiger partial charge in [0.2, 0.25) is 0 Å². The topological polar surface area (TPSA) is 51.5 Å². The third kappa shape index (κ3) is 5.21. The summed E-state index contributed by atoms with van der Waals surface area (Å²) in [5.74, 6) is -0.394. The molecule has 1 aliphatic rings. The number of piperidine rings is 1. The molecule has 0 saturated carbocycles. The Hall–Kier alpha value is -3.29. The van der Waals surface area contributed by atoms with E-state index in [4.69, 9.17) is 4.74 Å². The van der Waals surface area contributed by atoms with Gasteiger partial charge in [0.05, 0.1) is 5.56 Å². The van der Waals surface area contributed by atoms with Crippen LogP contribution in [-0.4, -0.2) is 41.0 Å². The van der Waals surface area contributed by atoms with Crippen LogP contribution in [0.5, 0.6) is 0 Å². The van der Waals surface area contributed by atoms with Crippen LogP contribution >= 0.6 is 0 Å². The Kier molecular flexibility index (Phi) is 6.44. The number of rotatable bonds is 5. The summed E-state index contributed by atoms with van der Waals surface area (Å²) in [5.41, 5.74) is 2.35. The first-order chi connectivity index (χ1) is 15.7. The Morgan fingerprint density at radius 1 is 1.03 bits per heavy atom. The second-order valence-electron chi connectivity index (χ2n) is 8.36. The highest BCUT2D eigenvalue weighted by atomic mass is 19.4. The van der Waals surface area contributed by atoms with Gasteiger partial charge in [-0.15, -0.1) is 0 Å². The fourth-order valence-electron chi connectivity index (χ4n) is 4.42. The van der Waals surface area contributed by atoms with E-state index < -0.39 is 17.7 Å². The van der Waals surface area contributed by atoms with Crippen molar-refractivity contribution in [3.05, 3.63) is 71.4 Å². The molecule has 0 aliphatic carbocycles. The molecule has 4 rings (SSSR count). The van der Waals surface area contributed by atoms with Crippen molar-refractivity contribution in [2.45, 2.75) is 38.4 Å². The van der Waals surface area contributed by atoms with Crippen molar-refractivity contribution in [1.82, 2.24) is 9.47 Å². The molecule has 8 heteroatoms. The molecule has 0 N–H and O–H groups in total. The van der Waals surface area contributed by atoms with E-state index in [1.807, 2.05) is 18.2 Å². The fraction of sp³-hybridized carbons (Fsp3) is 0.360. The van der Waals surface area contributed by atoms with E-state index in [1.165, 1.54) is 24.6 Å². The molecule has 2 aromatic carbocycles. The zero-order chi connectivity index (χ0) is 23.6. The van der Waals surface area contributed by atoms with Crippen LogP contribution in [0.1, 0.15) is 42.4 Å². The monoisotopic (exact) mass is 458 g/mol. The molecule has 33 heavy (non-hydrogen) atoms. The Bertz CT molecular complexity index is 1140. The predicted molar refractivity (Wildman–Crippen MR) is 118 cm³/mol. The lowest BCUT2D eigenvalue weighted by Crippen LogP contribution is -2.40. The number of benzene rings is 2. The highest BCUT2D eigenvalue weighted by Crippen LogP contribution is 2.35. The third-order valence-electron chi connectivity index (χ3n) is 6.14. The van der Waals surface area contributed by atoms with Gasteiger partial charge in [0, 0.05) is 43.7 Å². The normalized spacial score (nSPS) is 15.1. The summed E-state index contributed by atoms with van der Waals surface area (Å²) in [5, 5.41) is 1.12. The van der Waals surface area contributed by atoms with Gasteiger partial charge in [0.1, 0.15) is 0 Å². The van der Waals surface area contributed by atoms with Gasteiger partial charge >= 0.3 is 12.1 Å². The number of fused-ring (bicyclic) bond motifs is 1. The number of carbonyl (C=O) groups excluding carboxylic acids is 2. The average Bonchev–Trinajstić information content (AvgIpc) is 3.16. The van der Waals surface area contributed by atoms with Gasteiger partial charge in [-0.2, -0.15) is 13.2 Å². The molecule has 1 saturated heterocycles. The first kappa shape index (κ1) is 22.9. The second kappa shape index (κ2) is 9.29. The smallest absolute Gasteiger partial charge is 0.416 e. The number of para-hydroxylation sites is 1. The van der Waals surface area contributed by atoms with Crippen molar-refractivity contribution < 1.29 is 27.5 Å². The van der Waals surface area contributed by atoms with Crippen LogP contribution in [0.25, 0.3) is 10.9 Å². The maximum atomic E-state index is 12.9. The van der Waals surface area contributed by atoms with Crippen LogP contribution in [0.3, 0.4) is 0 Å². The van der Waals surface area contributed by atoms with E-state index in [9.17, 15) is 22.8 Å². The van der Waals surface area contributed by atoms with E-state index in [0.29, 0.717) is 19.6 Å². The minimum absolute atomic E-state index is 0.187. The SMILES string of the molecule is CC(=O)OCC(=O)N1CCC(c2cn(Cc3ccc(C(F)(F)F)cc3)c3ccccc23)CC1. The average molecular weight is 458 g/mol. The third-order valence-corrected chi connectivity index (χ3v) is 6.14. The summed E-state index contributed by atoms with van der Waals surface area (Å²) < 4.78 is 45.5. The second-order valence-corrected chi connectivity index (χ2v) is 8.36. The van der Waals surface area contributed by atoms with E-state index in [1.54, 1.807) is 4.90 Å². The molecule has 2 heterocycles. The van der Waals surface area contributed by atoms with Gasteiger partial charge in [0.15, 0.2) is 6.61 Å². The maximum Gasteiger partial charge on any atom is 0.416 e. The van der Waals surface area contributed by atoms with Crippen LogP contribution in [0.2, 0.25) is 0 Å². The van der Waals surface area contributed by atoms with E-state index in [-0.39, 0.29) is 18.4 Å². The molecule has 1 aromatic heterocycles. The number of halogens is 3. The summed E-state index contributed by atoms with van der Waals surface area (Å²) in [6, 6.07) is 13.3. The fourth-order valence-corrected chi connectivity index (χ4v) is 4.42. The lowest BCUT2D eigenvalue weighted by molar-refractivity contribution is -0.150. The highest BCUT2D eigenvalue weighted by Gasteiger charge is 2.30. The number of esters is 1. The quantitative estimate of drug-likeness (QED) is 0.507. The van der Waals surface area contributed by atoms with Crippen molar-refractivity contribution in [2.24, 2.45) is 0 Å². The predicted octanol–water partition coefficient (Wildman–Crippen LogP) is 4.98. The number of likely N-dealkylation sites (tertiary alicyclic amines) is 1. The van der Waals surface area contributed by atoms with Gasteiger partial charge in [-0.3, -0.25) is 9.59 Å². The Labute approximate surface area is 189 Å². The first-order valence-corrected chi connectivity index (χ1v) is 10.9. The highest BCUT2D eigenvalue weighted by molar-refractivity contribution is 5.85. The Morgan fingerprint density at radius 3 is 2.33 bits per heavy atom. The molecule has 1 amide bonds. The number of hydrogen-bond acceptors (Lipinski definition) is 3. The van der Waals surface area contributed by atoms with Crippen LogP contribution in [0.4, 0.5) is 13.2 Å². The molecular formula is C25H25F3N2O3. The summed E-state index contributed by atoms with van der Waals surface area (Å²) in [6.45, 7) is 2.69. The molecule has 3 aromatic rings. The van der Waals surface area contributed by atoms with Crippen molar-refractivity contribution >= 4 is 22.8 Å². The number of hydrogen-bond donors (Lipinski definition) is 0. The first-order valence-electron chi connectivity index (χ1n) is 10.9. The summed E-state index contributed by atoms with van der Waals surface area (Å²) >= 11 is 0. The van der Waals surface area contributed by atoms with Crippen LogP contribution in [-0.2, 0) is 27.0 Å². The Morgan fingerprint density at radius 2 is 1.70 bits per heavy atom. The minimum atomic E-state index is -4.35. The van der Waals surface area contributed by atoms with Crippen molar-refractivity contribution in [3.8, 4) is 0 Å². The minimum Gasteiger partial charge on any atom is -0.456 e. The molecule has 174 valence electrons. The van der Waals surface area contributed by atoms with Crippen LogP contribution < -0.4 is 0 Å². The molecule has 5 nitrogen and oxygen atoms in total. The largest absolute Gasteiger partial charge is 0.456 e. The maximum absolute atomic E-state index is 12.9. The summed E-state index contributed by atoms with van der Waals surface area (Å²) in [4.78, 5) is 24.9. The number of alkyl halides is 3. The van der Waals surface area contributed by atoms with Gasteiger partial charge in [-0.05, 0) is 48.1 Å². The van der Waals surface area contributed by atoms with Crippen molar-refractivity contribution in [3.63, 3.8) is 0 Å². The molecule has 1 aliphatic heterocycles. The van der Waals surface area contributed by atoms with Crippen LogP contribution in [0.15, 0.2) is 54.7 Å². The summed E-state index contributed by atoms with van der Waals surface area (Å²) in [6.07, 6.45) is -0.677. The molecule has 0 spiro atoms. The Balaban J connectivity index is 1.50. The number of nitrogens with zero attached hydrogens (tertiary/aromatic N) is 2. The summed E-state index contributed by atoms with van der Waals surface area (Å²) in [7, 11) is 0.